The lowest BCUT2D eigenvalue weighted by molar-refractivity contribution is -0.366. The molecule has 0 aliphatic carbocycles. The van der Waals surface area contributed by atoms with Gasteiger partial charge in [0, 0.05) is 19.4 Å². The molecule has 3 aliphatic heterocycles. The minimum Gasteiger partial charge on any atom is -0.394 e. The average molecular weight is 817 g/mol. The van der Waals surface area contributed by atoms with Gasteiger partial charge in [-0.25, -0.2) is 5.43 Å². The van der Waals surface area contributed by atoms with Gasteiger partial charge in [0.25, 0.3) is 0 Å². The van der Waals surface area contributed by atoms with Gasteiger partial charge >= 0.3 is 0 Å². The van der Waals surface area contributed by atoms with Crippen LogP contribution in [0.2, 0.25) is 0 Å². The molecule has 0 aromatic heterocycles. The minimum atomic E-state index is -1.91. The van der Waals surface area contributed by atoms with Crippen molar-refractivity contribution in [3.63, 3.8) is 0 Å². The molecule has 23 nitrogen and oxygen atoms in total. The number of hydrogen-bond acceptors (Lipinski definition) is 21. The summed E-state index contributed by atoms with van der Waals surface area (Å²) in [6, 6.07) is -0.528. The Kier molecular flexibility index (Phi) is 20.8. The van der Waals surface area contributed by atoms with E-state index in [4.69, 9.17) is 34.2 Å². The predicted molar refractivity (Wildman–Crippen MR) is 185 cm³/mol. The van der Waals surface area contributed by atoms with E-state index in [1.807, 2.05) is 0 Å². The predicted octanol–water partition coefficient (Wildman–Crippen LogP) is -7.16. The first-order valence-corrected chi connectivity index (χ1v) is 18.7. The second-order valence-corrected chi connectivity index (χ2v) is 13.9. The number of unbranched alkanes of at least 4 members (excludes halogenated alkanes) is 2. The number of Topliss-reactive ketones (excluding diaryl/α,β-unsaturated/α-hetero) is 1. The van der Waals surface area contributed by atoms with Gasteiger partial charge in [-0.3, -0.25) is 19.8 Å². The van der Waals surface area contributed by atoms with Crippen LogP contribution in [0.4, 0.5) is 0 Å². The van der Waals surface area contributed by atoms with Gasteiger partial charge in [-0.2, -0.15) is 0 Å². The van der Waals surface area contributed by atoms with Crippen LogP contribution in [0.25, 0.3) is 0 Å². The summed E-state index contributed by atoms with van der Waals surface area (Å²) in [5.41, 5.74) is 10.7. The summed E-state index contributed by atoms with van der Waals surface area (Å²) < 4.78 is 33.2. The highest BCUT2D eigenvalue weighted by Gasteiger charge is 2.52. The lowest BCUT2D eigenvalue weighted by Gasteiger charge is -2.46. The summed E-state index contributed by atoms with van der Waals surface area (Å²) in [4.78, 5) is 36.4. The highest BCUT2D eigenvalue weighted by atomic mass is 16.7. The number of nitrogens with one attached hydrogen (secondary N) is 3. The largest absolute Gasteiger partial charge is 0.394 e. The summed E-state index contributed by atoms with van der Waals surface area (Å²) in [5.74, 6) is -0.836. The number of rotatable bonds is 23. The smallest absolute Gasteiger partial charge is 0.234 e. The van der Waals surface area contributed by atoms with Crippen molar-refractivity contribution in [3.8, 4) is 0 Å². The lowest BCUT2D eigenvalue weighted by Crippen LogP contribution is -2.65. The van der Waals surface area contributed by atoms with Gasteiger partial charge in [0.05, 0.1) is 32.5 Å². The second kappa shape index (κ2) is 24.1. The van der Waals surface area contributed by atoms with Crippen LogP contribution in [0.5, 0.6) is 0 Å². The molecule has 3 rings (SSSR count). The molecule has 0 aromatic carbocycles. The Bertz CT molecular complexity index is 1190. The summed E-state index contributed by atoms with van der Waals surface area (Å²) in [6.45, 7) is -0.580. The molecular weight excluding hydrogens is 756 g/mol. The second-order valence-electron chi connectivity index (χ2n) is 13.9. The number of ketones is 1. The van der Waals surface area contributed by atoms with E-state index >= 15 is 0 Å². The van der Waals surface area contributed by atoms with Gasteiger partial charge in [0.15, 0.2) is 18.9 Å². The van der Waals surface area contributed by atoms with Gasteiger partial charge in [0.2, 0.25) is 11.8 Å². The van der Waals surface area contributed by atoms with Crippen molar-refractivity contribution >= 4 is 17.6 Å². The van der Waals surface area contributed by atoms with Gasteiger partial charge in [-0.05, 0) is 39.2 Å². The minimum absolute atomic E-state index is 0.0665. The van der Waals surface area contributed by atoms with Crippen molar-refractivity contribution in [2.45, 2.75) is 150 Å². The fraction of sp³-hybridized carbons (Fsp3) is 0.909. The number of carbonyl (C=O) groups excluding carboxylic acids is 3. The molecule has 0 aromatic rings. The fourth-order valence-corrected chi connectivity index (χ4v) is 6.19. The lowest BCUT2D eigenvalue weighted by atomic mass is 9.96. The van der Waals surface area contributed by atoms with E-state index in [-0.39, 0.29) is 43.6 Å². The molecule has 15 N–H and O–H groups in total. The molecule has 3 heterocycles. The summed E-state index contributed by atoms with van der Waals surface area (Å²) in [7, 11) is 0. The third-order valence-electron chi connectivity index (χ3n) is 9.64. The Labute approximate surface area is 322 Å². The number of ether oxygens (including phenoxy) is 6. The van der Waals surface area contributed by atoms with E-state index < -0.39 is 118 Å². The van der Waals surface area contributed by atoms with Crippen molar-refractivity contribution in [2.75, 3.05) is 39.5 Å². The zero-order chi connectivity index (χ0) is 41.5. The van der Waals surface area contributed by atoms with Crippen LogP contribution in [0.3, 0.4) is 0 Å². The van der Waals surface area contributed by atoms with Crippen molar-refractivity contribution in [1.82, 2.24) is 16.2 Å². The highest BCUT2D eigenvalue weighted by Crippen LogP contribution is 2.31. The van der Waals surface area contributed by atoms with E-state index in [1.165, 1.54) is 6.92 Å². The van der Waals surface area contributed by atoms with E-state index in [0.29, 0.717) is 25.8 Å². The number of hydrogen-bond donors (Lipinski definition) is 14. The third kappa shape index (κ3) is 13.7. The van der Waals surface area contributed by atoms with Crippen LogP contribution in [0.15, 0.2) is 0 Å². The van der Waals surface area contributed by atoms with E-state index in [2.05, 4.69) is 16.2 Å². The third-order valence-corrected chi connectivity index (χ3v) is 9.64. The molecule has 0 spiro atoms. The number of carbonyl (C=O) groups is 3. The first-order chi connectivity index (χ1) is 26.6. The van der Waals surface area contributed by atoms with Crippen molar-refractivity contribution in [1.29, 1.82) is 0 Å². The van der Waals surface area contributed by atoms with E-state index in [0.717, 1.165) is 12.8 Å². The standard InChI is InChI=1S/C33H60N4O19/c1-15(40)16(6-4-5-9-34)36-37-21(42)8-3-2-7-20(41)35-10-11-51-32-29(50)30(56-33-28(49)26(47)23(44)18(13-39)54-33)24(45)19(55-32)14-52-31-27(48)25(46)22(43)17(12-38)53-31/h16-19,22-33,36,38-39,43-50H,2-14,34H2,1H3,(H,35,41)(H,37,42)/t16-,17+,18+,19+,22+,23+,24+,25-,26-,27-,28-,29+,30-,31-,32-,33+/m0/s1. The molecule has 326 valence electrons. The van der Waals surface area contributed by atoms with Crippen LogP contribution in [-0.4, -0.2) is 206 Å². The molecule has 23 heteroatoms. The molecule has 16 atom stereocenters. The molecule has 0 unspecified atom stereocenters. The maximum absolute atomic E-state index is 12.4. The normalized spacial score (nSPS) is 36.8. The first-order valence-electron chi connectivity index (χ1n) is 18.7. The molecule has 0 saturated carbocycles. The number of aliphatic hydroxyl groups is 10. The molecule has 56 heavy (non-hydrogen) atoms. The first kappa shape index (κ1) is 48.3. The van der Waals surface area contributed by atoms with Crippen LogP contribution in [0.1, 0.15) is 51.9 Å². The Morgan fingerprint density at radius 2 is 1.21 bits per heavy atom. The highest BCUT2D eigenvalue weighted by molar-refractivity contribution is 5.82. The molecule has 3 aliphatic rings. The summed E-state index contributed by atoms with van der Waals surface area (Å²) >= 11 is 0. The molecule has 2 amide bonds. The van der Waals surface area contributed by atoms with E-state index in [1.54, 1.807) is 0 Å². The van der Waals surface area contributed by atoms with Crippen LogP contribution in [0, 0.1) is 0 Å². The van der Waals surface area contributed by atoms with Crippen molar-refractivity contribution in [3.05, 3.63) is 0 Å². The number of nitrogens with two attached hydrogens (primary N) is 1. The SMILES string of the molecule is CC(=O)[C@H](CCCCN)NNC(=O)CCCCC(=O)NCCO[C@H]1O[C@H](CO[C@H]2O[C@H](CO)[C@@H](O)[C@H](O)[C@@H]2O)[C@@H](O)[C@H](O[C@H]2O[C@H](CO)[C@@H](O)[C@H](O)[C@@H]2O)[C@H]1O. The molecule has 3 saturated heterocycles. The summed E-state index contributed by atoms with van der Waals surface area (Å²) in [6.07, 6.45) is -22.3. The zero-order valence-corrected chi connectivity index (χ0v) is 31.2. The summed E-state index contributed by atoms with van der Waals surface area (Å²) in [5, 5.41) is 105. The molecule has 0 bridgehead atoms. The van der Waals surface area contributed by atoms with Crippen LogP contribution >= 0.6 is 0 Å². The van der Waals surface area contributed by atoms with Gasteiger partial charge in [0.1, 0.15) is 79.0 Å². The van der Waals surface area contributed by atoms with Gasteiger partial charge < -0.3 is 90.5 Å². The Hall–Kier alpha value is -2.11. The fourth-order valence-electron chi connectivity index (χ4n) is 6.19. The molecule has 0 radical (unpaired) electrons. The Morgan fingerprint density at radius 1 is 0.661 bits per heavy atom. The van der Waals surface area contributed by atoms with Crippen LogP contribution < -0.4 is 21.9 Å². The quantitative estimate of drug-likeness (QED) is 0.0336. The van der Waals surface area contributed by atoms with Crippen molar-refractivity contribution < 1.29 is 93.9 Å². The van der Waals surface area contributed by atoms with Crippen molar-refractivity contribution in [2.24, 2.45) is 5.73 Å². The maximum atomic E-state index is 12.4. The Morgan fingerprint density at radius 3 is 1.80 bits per heavy atom. The number of amides is 2. The van der Waals surface area contributed by atoms with Gasteiger partial charge in [-0.15, -0.1) is 0 Å². The maximum Gasteiger partial charge on any atom is 0.234 e. The number of hydrazine groups is 1. The molecular formula is C33H60N4O19. The van der Waals surface area contributed by atoms with Gasteiger partial charge in [-0.1, -0.05) is 6.42 Å². The molecule has 3 fully saturated rings. The Balaban J connectivity index is 1.53. The zero-order valence-electron chi connectivity index (χ0n) is 31.2. The van der Waals surface area contributed by atoms with E-state index in [9.17, 15) is 65.4 Å². The topological polar surface area (TPSA) is 371 Å². The monoisotopic (exact) mass is 816 g/mol. The van der Waals surface area contributed by atoms with Crippen LogP contribution in [-0.2, 0) is 42.8 Å². The average Bonchev–Trinajstić information content (AvgIpc) is 3.17. The number of aliphatic hydroxyl groups excluding tert-OH is 10.